The molecule has 2 aliphatic heterocycles. The normalized spacial score (nSPS) is 18.2. The first kappa shape index (κ1) is 20.0. The van der Waals surface area contributed by atoms with Gasteiger partial charge in [0.05, 0.1) is 17.1 Å². The first-order chi connectivity index (χ1) is 13.8. The first-order valence-electron chi connectivity index (χ1n) is 9.62. The summed E-state index contributed by atoms with van der Waals surface area (Å²) < 4.78 is 28.2. The van der Waals surface area contributed by atoms with Gasteiger partial charge in [0.15, 0.2) is 0 Å². The van der Waals surface area contributed by atoms with Gasteiger partial charge in [-0.2, -0.15) is 0 Å². The maximum Gasteiger partial charge on any atom is 0.241 e. The summed E-state index contributed by atoms with van der Waals surface area (Å²) in [6.45, 7) is 6.92. The number of sulfonamides is 1. The molecule has 2 N–H and O–H groups in total. The van der Waals surface area contributed by atoms with Crippen LogP contribution in [0.4, 0.5) is 5.69 Å². The van der Waals surface area contributed by atoms with Gasteiger partial charge < -0.3 is 9.42 Å². The average Bonchev–Trinajstić information content (AvgIpc) is 3.28. The molecule has 0 unspecified atom stereocenters. The predicted molar refractivity (Wildman–Crippen MR) is 107 cm³/mol. The number of nitrogens with two attached hydrogens (primary N) is 1. The van der Waals surface area contributed by atoms with Crippen LogP contribution >= 0.6 is 0 Å². The molecule has 4 rings (SSSR count). The summed E-state index contributed by atoms with van der Waals surface area (Å²) in [7, 11) is -3.74. The number of carbonyl (C=O) groups is 1. The number of benzene rings is 1. The van der Waals surface area contributed by atoms with Crippen molar-refractivity contribution in [1.82, 2.24) is 15.0 Å². The van der Waals surface area contributed by atoms with Crippen molar-refractivity contribution in [1.29, 1.82) is 0 Å². The maximum atomic E-state index is 12.8. The van der Waals surface area contributed by atoms with Crippen LogP contribution in [0.5, 0.6) is 0 Å². The molecule has 1 amide bonds. The zero-order valence-electron chi connectivity index (χ0n) is 16.4. The van der Waals surface area contributed by atoms with Gasteiger partial charge in [-0.05, 0) is 37.1 Å². The Balaban J connectivity index is 1.32. The number of rotatable bonds is 5. The van der Waals surface area contributed by atoms with E-state index in [0.29, 0.717) is 19.5 Å². The lowest BCUT2D eigenvalue weighted by molar-refractivity contribution is -0.120. The Hall–Kier alpha value is -2.27. The predicted octanol–water partition coefficient (Wildman–Crippen LogP) is 0.337. The smallest absolute Gasteiger partial charge is 0.241 e. The fraction of sp³-hybridized carbons (Fsp3) is 0.474. The summed E-state index contributed by atoms with van der Waals surface area (Å²) in [5, 5.41) is 9.24. The number of aryl methyl sites for hydroxylation is 1. The Morgan fingerprint density at radius 1 is 1.14 bits per heavy atom. The molecule has 0 atom stereocenters. The highest BCUT2D eigenvalue weighted by molar-refractivity contribution is 7.89. The van der Waals surface area contributed by atoms with Gasteiger partial charge in [0.1, 0.15) is 5.76 Å². The average molecular weight is 420 g/mol. The molecule has 1 aromatic carbocycles. The summed E-state index contributed by atoms with van der Waals surface area (Å²) in [6, 6.07) is 6.66. The molecule has 156 valence electrons. The van der Waals surface area contributed by atoms with Crippen molar-refractivity contribution in [2.45, 2.75) is 24.8 Å². The van der Waals surface area contributed by atoms with Crippen molar-refractivity contribution in [3.8, 4) is 0 Å². The number of fused-ring (bicyclic) bond motifs is 1. The monoisotopic (exact) mass is 419 g/mol. The van der Waals surface area contributed by atoms with E-state index < -0.39 is 10.0 Å². The Labute approximate surface area is 170 Å². The van der Waals surface area contributed by atoms with Crippen molar-refractivity contribution in [2.75, 3.05) is 44.2 Å². The van der Waals surface area contributed by atoms with E-state index in [0.717, 1.165) is 55.4 Å². The number of piperazine rings is 1. The second-order valence-electron chi connectivity index (χ2n) is 7.61. The lowest BCUT2D eigenvalue weighted by Gasteiger charge is -2.34. The van der Waals surface area contributed by atoms with Gasteiger partial charge in [0.25, 0.3) is 0 Å². The highest BCUT2D eigenvalue weighted by Gasteiger charge is 2.28. The zero-order valence-corrected chi connectivity index (χ0v) is 17.2. The lowest BCUT2D eigenvalue weighted by atomic mass is 10.2. The van der Waals surface area contributed by atoms with Crippen LogP contribution in [0.1, 0.15) is 17.0 Å². The molecule has 10 heteroatoms. The number of carbonyl (C=O) groups excluding carboxylic acids is 1. The van der Waals surface area contributed by atoms with E-state index in [4.69, 9.17) is 9.66 Å². The largest absolute Gasteiger partial charge is 0.361 e. The van der Waals surface area contributed by atoms with E-state index in [1.165, 1.54) is 6.07 Å². The third-order valence-corrected chi connectivity index (χ3v) is 6.37. The van der Waals surface area contributed by atoms with Crippen LogP contribution in [-0.4, -0.2) is 68.5 Å². The molecule has 3 heterocycles. The number of aromatic nitrogens is 1. The third-order valence-electron chi connectivity index (χ3n) is 5.46. The van der Waals surface area contributed by atoms with Crippen molar-refractivity contribution in [3.05, 3.63) is 41.3 Å². The second-order valence-corrected chi connectivity index (χ2v) is 9.17. The van der Waals surface area contributed by atoms with Gasteiger partial charge in [-0.15, -0.1) is 0 Å². The highest BCUT2D eigenvalue weighted by atomic mass is 32.2. The van der Waals surface area contributed by atoms with Gasteiger partial charge in [0.2, 0.25) is 15.9 Å². The molecule has 0 spiro atoms. The number of amides is 1. The van der Waals surface area contributed by atoms with E-state index >= 15 is 0 Å². The van der Waals surface area contributed by atoms with Crippen LogP contribution in [-0.2, 0) is 27.8 Å². The summed E-state index contributed by atoms with van der Waals surface area (Å²) in [5.41, 5.74) is 2.56. The van der Waals surface area contributed by atoms with Crippen LogP contribution in [0.15, 0.2) is 33.7 Å². The lowest BCUT2D eigenvalue weighted by Crippen LogP contribution is -2.49. The van der Waals surface area contributed by atoms with Crippen LogP contribution in [0.2, 0.25) is 0 Å². The molecule has 0 saturated carbocycles. The van der Waals surface area contributed by atoms with Gasteiger partial charge in [0, 0.05) is 51.0 Å². The van der Waals surface area contributed by atoms with E-state index in [9.17, 15) is 13.2 Å². The summed E-state index contributed by atoms with van der Waals surface area (Å²) in [5.74, 6) is 0.846. The standard InChI is InChI=1S/C19H25N5O4S/c1-14-10-16(21-28-14)12-22-6-8-23(9-7-22)13-19(25)24-5-4-15-11-17(29(20,26)27)2-3-18(15)24/h2-3,10-11H,4-9,12-13H2,1H3,(H2,20,26,27). The number of primary sulfonamides is 1. The minimum Gasteiger partial charge on any atom is -0.361 e. The van der Waals surface area contributed by atoms with E-state index in [1.807, 2.05) is 13.0 Å². The van der Waals surface area contributed by atoms with Gasteiger partial charge in [-0.3, -0.25) is 14.6 Å². The van der Waals surface area contributed by atoms with E-state index in [-0.39, 0.29) is 10.8 Å². The Bertz CT molecular complexity index is 1010. The minimum absolute atomic E-state index is 0.0349. The zero-order chi connectivity index (χ0) is 20.6. The molecule has 1 fully saturated rings. The fourth-order valence-corrected chi connectivity index (χ4v) is 4.48. The fourth-order valence-electron chi connectivity index (χ4n) is 3.92. The van der Waals surface area contributed by atoms with Crippen LogP contribution in [0.25, 0.3) is 0 Å². The molecule has 1 saturated heterocycles. The Kier molecular flexibility index (Phi) is 5.43. The molecule has 0 bridgehead atoms. The van der Waals surface area contributed by atoms with E-state index in [2.05, 4.69) is 15.0 Å². The van der Waals surface area contributed by atoms with Gasteiger partial charge in [-0.25, -0.2) is 13.6 Å². The molecule has 1 aromatic heterocycles. The van der Waals surface area contributed by atoms with Crippen LogP contribution in [0, 0.1) is 6.92 Å². The Morgan fingerprint density at radius 2 is 1.86 bits per heavy atom. The van der Waals surface area contributed by atoms with Crippen molar-refractivity contribution >= 4 is 21.6 Å². The van der Waals surface area contributed by atoms with Crippen molar-refractivity contribution in [3.63, 3.8) is 0 Å². The number of anilines is 1. The molecule has 0 radical (unpaired) electrons. The molecule has 9 nitrogen and oxygen atoms in total. The van der Waals surface area contributed by atoms with Crippen LogP contribution in [0.3, 0.4) is 0 Å². The molecule has 29 heavy (non-hydrogen) atoms. The van der Waals surface area contributed by atoms with Crippen molar-refractivity contribution < 1.29 is 17.7 Å². The topological polar surface area (TPSA) is 113 Å². The van der Waals surface area contributed by atoms with E-state index in [1.54, 1.807) is 17.0 Å². The second kappa shape index (κ2) is 7.86. The molecule has 2 aromatic rings. The van der Waals surface area contributed by atoms with Crippen molar-refractivity contribution in [2.24, 2.45) is 5.14 Å². The number of nitrogens with zero attached hydrogens (tertiary/aromatic N) is 4. The summed E-state index contributed by atoms with van der Waals surface area (Å²) >= 11 is 0. The first-order valence-corrected chi connectivity index (χ1v) is 11.2. The number of hydrogen-bond donors (Lipinski definition) is 1. The quantitative estimate of drug-likeness (QED) is 0.743. The maximum absolute atomic E-state index is 12.8. The molecule has 0 aliphatic carbocycles. The number of hydrogen-bond acceptors (Lipinski definition) is 7. The molecule has 2 aliphatic rings. The third kappa shape index (κ3) is 4.50. The molecular formula is C19H25N5O4S. The summed E-state index contributed by atoms with van der Waals surface area (Å²) in [4.78, 5) is 19.1. The van der Waals surface area contributed by atoms with Gasteiger partial charge >= 0.3 is 0 Å². The molecular weight excluding hydrogens is 394 g/mol. The van der Waals surface area contributed by atoms with Gasteiger partial charge in [-0.1, -0.05) is 5.16 Å². The van der Waals surface area contributed by atoms with Crippen LogP contribution < -0.4 is 10.0 Å². The Morgan fingerprint density at radius 3 is 2.52 bits per heavy atom. The SMILES string of the molecule is Cc1cc(CN2CCN(CC(=O)N3CCc4cc(S(N)(=O)=O)ccc43)CC2)no1. The minimum atomic E-state index is -3.74. The summed E-state index contributed by atoms with van der Waals surface area (Å²) in [6.07, 6.45) is 0.634. The highest BCUT2D eigenvalue weighted by Crippen LogP contribution is 2.30.